The van der Waals surface area contributed by atoms with Gasteiger partial charge in [0, 0.05) is 19.0 Å². The SMILES string of the molecule is COC(=O)C(NC1CCCNC(=O)C1)c1ccccc1. The lowest BCUT2D eigenvalue weighted by Gasteiger charge is -2.22. The van der Waals surface area contributed by atoms with Crippen molar-refractivity contribution in [1.29, 1.82) is 0 Å². The van der Waals surface area contributed by atoms with Gasteiger partial charge in [0.25, 0.3) is 0 Å². The van der Waals surface area contributed by atoms with Crippen LogP contribution in [0.5, 0.6) is 0 Å². The molecule has 2 N–H and O–H groups in total. The van der Waals surface area contributed by atoms with Crippen molar-refractivity contribution in [1.82, 2.24) is 10.6 Å². The molecular formula is C15H20N2O3. The van der Waals surface area contributed by atoms with Crippen molar-refractivity contribution in [3.63, 3.8) is 0 Å². The Bertz CT molecular complexity index is 461. The molecule has 0 bridgehead atoms. The van der Waals surface area contributed by atoms with E-state index >= 15 is 0 Å². The van der Waals surface area contributed by atoms with Crippen molar-refractivity contribution in [3.8, 4) is 0 Å². The molecule has 1 aliphatic heterocycles. The van der Waals surface area contributed by atoms with Gasteiger partial charge in [-0.05, 0) is 18.4 Å². The number of amides is 1. The molecule has 0 saturated carbocycles. The summed E-state index contributed by atoms with van der Waals surface area (Å²) in [6.45, 7) is 0.700. The van der Waals surface area contributed by atoms with Gasteiger partial charge >= 0.3 is 5.97 Å². The second-order valence-corrected chi connectivity index (χ2v) is 4.93. The van der Waals surface area contributed by atoms with Crippen LogP contribution in [-0.2, 0) is 14.3 Å². The first-order valence-electron chi connectivity index (χ1n) is 6.86. The predicted molar refractivity (Wildman–Crippen MR) is 75.0 cm³/mol. The van der Waals surface area contributed by atoms with Crippen molar-refractivity contribution < 1.29 is 14.3 Å². The Labute approximate surface area is 118 Å². The van der Waals surface area contributed by atoms with Crippen LogP contribution in [0.1, 0.15) is 30.9 Å². The summed E-state index contributed by atoms with van der Waals surface area (Å²) in [4.78, 5) is 23.6. The molecule has 0 aliphatic carbocycles. The van der Waals surface area contributed by atoms with Gasteiger partial charge in [0.05, 0.1) is 7.11 Å². The van der Waals surface area contributed by atoms with E-state index in [0.717, 1.165) is 18.4 Å². The fraction of sp³-hybridized carbons (Fsp3) is 0.467. The van der Waals surface area contributed by atoms with Crippen molar-refractivity contribution in [2.24, 2.45) is 0 Å². The molecule has 0 aromatic heterocycles. The van der Waals surface area contributed by atoms with Gasteiger partial charge in [-0.25, -0.2) is 4.79 Å². The number of benzene rings is 1. The fourth-order valence-corrected chi connectivity index (χ4v) is 2.42. The zero-order valence-electron chi connectivity index (χ0n) is 11.6. The van der Waals surface area contributed by atoms with E-state index < -0.39 is 6.04 Å². The molecule has 1 saturated heterocycles. The first-order valence-corrected chi connectivity index (χ1v) is 6.86. The molecule has 2 rings (SSSR count). The van der Waals surface area contributed by atoms with Crippen LogP contribution in [0.25, 0.3) is 0 Å². The average Bonchev–Trinajstić information content (AvgIpc) is 2.69. The molecule has 1 aromatic carbocycles. The summed E-state index contributed by atoms with van der Waals surface area (Å²) in [7, 11) is 1.37. The zero-order chi connectivity index (χ0) is 14.4. The van der Waals surface area contributed by atoms with Gasteiger partial charge in [0.2, 0.25) is 5.91 Å². The number of carbonyl (C=O) groups is 2. The summed E-state index contributed by atoms with van der Waals surface area (Å²) < 4.78 is 4.86. The maximum atomic E-state index is 12.0. The molecule has 1 fully saturated rings. The first kappa shape index (κ1) is 14.5. The summed E-state index contributed by atoms with van der Waals surface area (Å²) in [6.07, 6.45) is 2.16. The van der Waals surface area contributed by atoms with Gasteiger partial charge in [-0.15, -0.1) is 0 Å². The van der Waals surface area contributed by atoms with Crippen molar-refractivity contribution >= 4 is 11.9 Å². The predicted octanol–water partition coefficient (Wildman–Crippen LogP) is 1.16. The van der Waals surface area contributed by atoms with Gasteiger partial charge in [0.15, 0.2) is 0 Å². The van der Waals surface area contributed by atoms with E-state index in [0.29, 0.717) is 13.0 Å². The molecule has 5 nitrogen and oxygen atoms in total. The standard InChI is InChI=1S/C15H20N2O3/c1-20-15(19)14(11-6-3-2-4-7-11)17-12-8-5-9-16-13(18)10-12/h2-4,6-7,12,14,17H,5,8-10H2,1H3,(H,16,18). The molecule has 5 heteroatoms. The largest absolute Gasteiger partial charge is 0.468 e. The second-order valence-electron chi connectivity index (χ2n) is 4.93. The maximum Gasteiger partial charge on any atom is 0.327 e. The van der Waals surface area contributed by atoms with Crippen LogP contribution in [0.4, 0.5) is 0 Å². The third-order valence-corrected chi connectivity index (χ3v) is 3.46. The number of carbonyl (C=O) groups excluding carboxylic acids is 2. The smallest absolute Gasteiger partial charge is 0.327 e. The van der Waals surface area contributed by atoms with Crippen molar-refractivity contribution in [2.75, 3.05) is 13.7 Å². The van der Waals surface area contributed by atoms with Crippen LogP contribution >= 0.6 is 0 Å². The Morgan fingerprint density at radius 3 is 2.85 bits per heavy atom. The maximum absolute atomic E-state index is 12.0. The van der Waals surface area contributed by atoms with Gasteiger partial charge in [0.1, 0.15) is 6.04 Å². The van der Waals surface area contributed by atoms with Gasteiger partial charge in [-0.2, -0.15) is 0 Å². The Balaban J connectivity index is 2.11. The Kier molecular flexibility index (Phi) is 5.12. The molecule has 0 radical (unpaired) electrons. The average molecular weight is 276 g/mol. The van der Waals surface area contributed by atoms with E-state index in [1.165, 1.54) is 7.11 Å². The number of nitrogens with one attached hydrogen (secondary N) is 2. The fourth-order valence-electron chi connectivity index (χ4n) is 2.42. The Morgan fingerprint density at radius 1 is 1.40 bits per heavy atom. The van der Waals surface area contributed by atoms with Gasteiger partial charge in [-0.1, -0.05) is 30.3 Å². The molecular weight excluding hydrogens is 256 g/mol. The summed E-state index contributed by atoms with van der Waals surface area (Å²) >= 11 is 0. The van der Waals surface area contributed by atoms with Crippen LogP contribution < -0.4 is 10.6 Å². The lowest BCUT2D eigenvalue weighted by atomic mass is 10.0. The molecule has 108 valence electrons. The third-order valence-electron chi connectivity index (χ3n) is 3.46. The summed E-state index contributed by atoms with van der Waals surface area (Å²) in [6, 6.07) is 8.88. The number of esters is 1. The molecule has 2 atom stereocenters. The Morgan fingerprint density at radius 2 is 2.15 bits per heavy atom. The normalized spacial score (nSPS) is 20.6. The molecule has 1 amide bonds. The Hall–Kier alpha value is -1.88. The molecule has 1 aromatic rings. The third kappa shape index (κ3) is 3.81. The van der Waals surface area contributed by atoms with Gasteiger partial charge < -0.3 is 10.1 Å². The molecule has 1 heterocycles. The van der Waals surface area contributed by atoms with E-state index in [-0.39, 0.29) is 17.9 Å². The zero-order valence-corrected chi connectivity index (χ0v) is 11.6. The number of methoxy groups -OCH3 is 1. The highest BCUT2D eigenvalue weighted by atomic mass is 16.5. The molecule has 20 heavy (non-hydrogen) atoms. The summed E-state index contributed by atoms with van der Waals surface area (Å²) in [5.41, 5.74) is 0.851. The number of rotatable bonds is 4. The van der Waals surface area contributed by atoms with Crippen LogP contribution in [0.2, 0.25) is 0 Å². The molecule has 1 aliphatic rings. The van der Waals surface area contributed by atoms with E-state index in [1.807, 2.05) is 30.3 Å². The van der Waals surface area contributed by atoms with Gasteiger partial charge in [-0.3, -0.25) is 10.1 Å². The highest BCUT2D eigenvalue weighted by molar-refractivity contribution is 5.79. The quantitative estimate of drug-likeness (QED) is 0.810. The number of hydrogen-bond donors (Lipinski definition) is 2. The van der Waals surface area contributed by atoms with E-state index in [9.17, 15) is 9.59 Å². The molecule has 2 unspecified atom stereocenters. The van der Waals surface area contributed by atoms with Crippen LogP contribution in [-0.4, -0.2) is 31.6 Å². The van der Waals surface area contributed by atoms with Crippen LogP contribution in [0, 0.1) is 0 Å². The van der Waals surface area contributed by atoms with Crippen molar-refractivity contribution in [2.45, 2.75) is 31.3 Å². The highest BCUT2D eigenvalue weighted by Gasteiger charge is 2.26. The number of ether oxygens (including phenoxy) is 1. The lowest BCUT2D eigenvalue weighted by molar-refractivity contribution is -0.143. The lowest BCUT2D eigenvalue weighted by Crippen LogP contribution is -2.39. The minimum Gasteiger partial charge on any atom is -0.468 e. The monoisotopic (exact) mass is 276 g/mol. The minimum atomic E-state index is -0.530. The molecule has 0 spiro atoms. The second kappa shape index (κ2) is 7.05. The number of hydrogen-bond acceptors (Lipinski definition) is 4. The van der Waals surface area contributed by atoms with Crippen LogP contribution in [0.15, 0.2) is 30.3 Å². The minimum absolute atomic E-state index is 0.0122. The van der Waals surface area contributed by atoms with Crippen LogP contribution in [0.3, 0.4) is 0 Å². The van der Waals surface area contributed by atoms with Crippen molar-refractivity contribution in [3.05, 3.63) is 35.9 Å². The topological polar surface area (TPSA) is 67.4 Å². The summed E-state index contributed by atoms with van der Waals surface area (Å²) in [5, 5.41) is 6.09. The van der Waals surface area contributed by atoms with E-state index in [1.54, 1.807) is 0 Å². The van der Waals surface area contributed by atoms with E-state index in [4.69, 9.17) is 4.74 Å². The first-order chi connectivity index (χ1) is 9.70. The highest BCUT2D eigenvalue weighted by Crippen LogP contribution is 2.18. The van der Waals surface area contributed by atoms with E-state index in [2.05, 4.69) is 10.6 Å². The summed E-state index contributed by atoms with van der Waals surface area (Å²) in [5.74, 6) is -0.308.